The molecule has 6 rings (SSSR count). The first-order valence-electron chi connectivity index (χ1n) is 15.8. The quantitative estimate of drug-likeness (QED) is 0.0575. The molecule has 0 aromatic heterocycles. The van der Waals surface area contributed by atoms with Crippen molar-refractivity contribution in [2.45, 2.75) is 12.2 Å². The molecule has 12 heteroatoms. The zero-order valence-corrected chi connectivity index (χ0v) is 27.8. The highest BCUT2D eigenvalue weighted by atomic mass is 19.2. The van der Waals surface area contributed by atoms with Crippen LogP contribution in [0.25, 0.3) is 11.1 Å². The zero-order valence-electron chi connectivity index (χ0n) is 27.8. The normalized spacial score (nSPS) is 11.7. The molecule has 0 heterocycles. The van der Waals surface area contributed by atoms with Crippen LogP contribution in [-0.4, -0.2) is 20.2 Å². The van der Waals surface area contributed by atoms with Gasteiger partial charge in [-0.3, -0.25) is 0 Å². The maximum absolute atomic E-state index is 15.5. The molecule has 0 aliphatic heterocycles. The van der Waals surface area contributed by atoms with E-state index in [4.69, 9.17) is 18.9 Å². The summed E-state index contributed by atoms with van der Waals surface area (Å²) in [7, 11) is 3.11. The number of esters is 1. The summed E-state index contributed by atoms with van der Waals surface area (Å²) in [6.07, 6.45) is -2.83. The van der Waals surface area contributed by atoms with Gasteiger partial charge in [0.05, 0.1) is 19.8 Å². The van der Waals surface area contributed by atoms with E-state index in [9.17, 15) is 26.7 Å². The molecule has 0 bridgehead atoms. The van der Waals surface area contributed by atoms with E-state index in [-0.39, 0.29) is 11.1 Å². The largest absolute Gasteiger partial charge is 0.497 e. The van der Waals surface area contributed by atoms with Crippen molar-refractivity contribution in [3.8, 4) is 28.4 Å². The Hall–Kier alpha value is -6.30. The summed E-state index contributed by atoms with van der Waals surface area (Å²) in [5.74, 6) is -14.4. The predicted molar refractivity (Wildman–Crippen MR) is 180 cm³/mol. The zero-order chi connectivity index (χ0) is 37.8. The van der Waals surface area contributed by atoms with E-state index in [1.807, 2.05) is 24.3 Å². The van der Waals surface area contributed by atoms with Crippen molar-refractivity contribution in [2.75, 3.05) is 14.2 Å². The minimum atomic E-state index is -2.43. The number of methoxy groups -OCH3 is 2. The molecule has 0 spiro atoms. The van der Waals surface area contributed by atoms with Gasteiger partial charge in [-0.25, -0.2) is 35.5 Å². The van der Waals surface area contributed by atoms with E-state index in [1.165, 1.54) is 42.5 Å². The Morgan fingerprint density at radius 3 is 1.40 bits per heavy atom. The molecule has 0 saturated carbocycles. The highest BCUT2D eigenvalue weighted by Crippen LogP contribution is 2.36. The third-order valence-electron chi connectivity index (χ3n) is 8.36. The summed E-state index contributed by atoms with van der Waals surface area (Å²) in [5, 5.41) is 0. The highest BCUT2D eigenvalue weighted by molar-refractivity contribution is 5.91. The molecule has 270 valence electrons. The fraction of sp³-hybridized carbons (Fsp3) is 0.0976. The first kappa shape index (κ1) is 36.5. The molecule has 0 N–H and O–H groups in total. The number of halogens is 7. The van der Waals surface area contributed by atoms with Crippen LogP contribution in [0.5, 0.6) is 17.2 Å². The lowest BCUT2D eigenvalue weighted by Crippen LogP contribution is -2.20. The van der Waals surface area contributed by atoms with E-state index < -0.39 is 70.0 Å². The maximum Gasteiger partial charge on any atom is 0.345 e. The SMILES string of the molecule is COc1ccc(C(Oc2ccc(-c3cc(F)c(C(=O)OC(c4ccccc4)c4c(F)c(F)c(F)c(F)c4F)c(F)c3)cc2)c2ccc(OC)cc2)cc1. The third-order valence-corrected chi connectivity index (χ3v) is 8.36. The van der Waals surface area contributed by atoms with E-state index in [0.29, 0.717) is 22.8 Å². The second-order valence-electron chi connectivity index (χ2n) is 11.6. The lowest BCUT2D eigenvalue weighted by atomic mass is 9.99. The smallest absolute Gasteiger partial charge is 0.345 e. The standard InChI is InChI=1S/C41H27F7O5/c1-50-27-14-10-24(11-15-27)39(25-12-16-28(51-2)17-13-25)52-29-18-8-22(9-19-29)26-20-30(42)32(31(43)21-26)41(49)53-40(23-6-4-3-5-7-23)33-34(44)36(46)38(48)37(47)35(33)45/h3-21,39-40H,1-2H3. The van der Waals surface area contributed by atoms with Gasteiger partial charge in [0, 0.05) is 0 Å². The second-order valence-corrected chi connectivity index (χ2v) is 11.6. The fourth-order valence-electron chi connectivity index (χ4n) is 5.62. The Morgan fingerprint density at radius 1 is 0.491 bits per heavy atom. The number of ether oxygens (including phenoxy) is 4. The molecule has 0 saturated heterocycles. The average Bonchev–Trinajstić information content (AvgIpc) is 3.18. The Morgan fingerprint density at radius 2 is 0.925 bits per heavy atom. The first-order chi connectivity index (χ1) is 25.5. The molecule has 1 unspecified atom stereocenters. The first-order valence-corrected chi connectivity index (χ1v) is 15.8. The molecule has 0 amide bonds. The maximum atomic E-state index is 15.5. The molecule has 6 aromatic rings. The van der Waals surface area contributed by atoms with Gasteiger partial charge in [-0.05, 0) is 76.3 Å². The summed E-state index contributed by atoms with van der Waals surface area (Å²) in [6, 6.07) is 29.0. The monoisotopic (exact) mass is 732 g/mol. The van der Waals surface area contributed by atoms with E-state index in [1.54, 1.807) is 50.6 Å². The van der Waals surface area contributed by atoms with Crippen LogP contribution in [0.15, 0.2) is 115 Å². The summed E-state index contributed by atoms with van der Waals surface area (Å²) >= 11 is 0. The van der Waals surface area contributed by atoms with Crippen molar-refractivity contribution in [1.82, 2.24) is 0 Å². The van der Waals surface area contributed by atoms with Crippen LogP contribution in [0.3, 0.4) is 0 Å². The Bertz CT molecular complexity index is 2150. The average molecular weight is 733 g/mol. The van der Waals surface area contributed by atoms with E-state index in [0.717, 1.165) is 23.3 Å². The molecule has 1 atom stereocenters. The van der Waals surface area contributed by atoms with Crippen LogP contribution >= 0.6 is 0 Å². The molecule has 0 radical (unpaired) electrons. The molecule has 0 aliphatic carbocycles. The summed E-state index contributed by atoms with van der Waals surface area (Å²) in [5.41, 5.74) is -1.05. The van der Waals surface area contributed by atoms with Crippen molar-refractivity contribution in [1.29, 1.82) is 0 Å². The van der Waals surface area contributed by atoms with Gasteiger partial charge >= 0.3 is 5.97 Å². The van der Waals surface area contributed by atoms with Crippen molar-refractivity contribution in [3.05, 3.63) is 184 Å². The number of benzene rings is 6. The Balaban J connectivity index is 1.27. The molecular formula is C41H27F7O5. The molecule has 0 aliphatic rings. The van der Waals surface area contributed by atoms with Crippen molar-refractivity contribution >= 4 is 5.97 Å². The van der Waals surface area contributed by atoms with Crippen molar-refractivity contribution in [2.24, 2.45) is 0 Å². The highest BCUT2D eigenvalue weighted by Gasteiger charge is 2.35. The molecule has 0 fully saturated rings. The number of hydrogen-bond donors (Lipinski definition) is 0. The van der Waals surface area contributed by atoms with Crippen molar-refractivity contribution < 1.29 is 54.5 Å². The van der Waals surface area contributed by atoms with Crippen molar-refractivity contribution in [3.63, 3.8) is 0 Å². The lowest BCUT2D eigenvalue weighted by molar-refractivity contribution is 0.0351. The van der Waals surface area contributed by atoms with Crippen LogP contribution in [0, 0.1) is 40.7 Å². The summed E-state index contributed by atoms with van der Waals surface area (Å²) in [6.45, 7) is 0. The second kappa shape index (κ2) is 15.5. The summed E-state index contributed by atoms with van der Waals surface area (Å²) in [4.78, 5) is 13.2. The van der Waals surface area contributed by atoms with E-state index >= 15 is 8.78 Å². The number of rotatable bonds is 11. The molecule has 53 heavy (non-hydrogen) atoms. The lowest BCUT2D eigenvalue weighted by Gasteiger charge is -2.21. The molecular weight excluding hydrogens is 705 g/mol. The van der Waals surface area contributed by atoms with E-state index in [2.05, 4.69) is 0 Å². The van der Waals surface area contributed by atoms with Gasteiger partial charge in [-0.2, -0.15) is 0 Å². The van der Waals surface area contributed by atoms with Gasteiger partial charge in [-0.1, -0.05) is 66.7 Å². The topological polar surface area (TPSA) is 54.0 Å². The molecule has 6 aromatic carbocycles. The number of hydrogen-bond acceptors (Lipinski definition) is 5. The Labute approximate surface area is 298 Å². The van der Waals surface area contributed by atoms with Gasteiger partial charge < -0.3 is 18.9 Å². The predicted octanol–water partition coefficient (Wildman–Crippen LogP) is 10.5. The fourth-order valence-corrected chi connectivity index (χ4v) is 5.62. The number of carbonyl (C=O) groups excluding carboxylic acids is 1. The van der Waals surface area contributed by atoms with Gasteiger partial charge in [0.25, 0.3) is 0 Å². The minimum absolute atomic E-state index is 0.00401. The summed E-state index contributed by atoms with van der Waals surface area (Å²) < 4.78 is 125. The van der Waals surface area contributed by atoms with Crippen LogP contribution < -0.4 is 14.2 Å². The Kier molecular flexibility index (Phi) is 10.7. The minimum Gasteiger partial charge on any atom is -0.497 e. The van der Waals surface area contributed by atoms with Crippen LogP contribution in [0.4, 0.5) is 30.7 Å². The van der Waals surface area contributed by atoms with Gasteiger partial charge in [0.15, 0.2) is 29.4 Å². The molecule has 5 nitrogen and oxygen atoms in total. The van der Waals surface area contributed by atoms with Gasteiger partial charge in [0.1, 0.15) is 40.6 Å². The number of carbonyl (C=O) groups is 1. The van der Waals surface area contributed by atoms with Crippen LogP contribution in [-0.2, 0) is 4.74 Å². The van der Waals surface area contributed by atoms with Gasteiger partial charge in [-0.15, -0.1) is 0 Å². The third kappa shape index (κ3) is 7.52. The van der Waals surface area contributed by atoms with Crippen LogP contribution in [0.1, 0.15) is 44.8 Å². The van der Waals surface area contributed by atoms with Gasteiger partial charge in [0.2, 0.25) is 5.82 Å². The van der Waals surface area contributed by atoms with Crippen LogP contribution in [0.2, 0.25) is 0 Å².